The molecule has 96 valence electrons. The maximum absolute atomic E-state index is 5.50. The zero-order valence-electron chi connectivity index (χ0n) is 11.2. The monoisotopic (exact) mass is 254 g/mol. The van der Waals surface area contributed by atoms with Crippen LogP contribution in [0.5, 0.6) is 0 Å². The first-order valence-electron chi connectivity index (χ1n) is 6.34. The molecule has 1 saturated carbocycles. The molecule has 0 spiro atoms. The summed E-state index contributed by atoms with van der Waals surface area (Å²) >= 11 is 1.79. The van der Waals surface area contributed by atoms with Crippen LogP contribution in [0.25, 0.3) is 0 Å². The van der Waals surface area contributed by atoms with Crippen LogP contribution in [0, 0.1) is 0 Å². The predicted molar refractivity (Wildman–Crippen MR) is 71.4 cm³/mol. The van der Waals surface area contributed by atoms with E-state index >= 15 is 0 Å². The Labute approximate surface area is 108 Å². The Morgan fingerprint density at radius 1 is 1.47 bits per heavy atom. The minimum absolute atomic E-state index is 0.271. The molecule has 0 bridgehead atoms. The third kappa shape index (κ3) is 3.06. The molecule has 0 atom stereocenters. The minimum Gasteiger partial charge on any atom is -0.372 e. The molecular formula is C13H22N2OS. The van der Waals surface area contributed by atoms with Crippen molar-refractivity contribution in [1.82, 2.24) is 10.3 Å². The lowest BCUT2D eigenvalue weighted by atomic mass is 10.1. The van der Waals surface area contributed by atoms with Gasteiger partial charge < -0.3 is 10.1 Å². The highest BCUT2D eigenvalue weighted by Gasteiger charge is 2.26. The zero-order valence-corrected chi connectivity index (χ0v) is 12.0. The average Bonchev–Trinajstić information content (AvgIpc) is 3.05. The molecule has 0 saturated heterocycles. The van der Waals surface area contributed by atoms with E-state index in [0.717, 1.165) is 24.0 Å². The highest BCUT2D eigenvalue weighted by molar-refractivity contribution is 7.11. The van der Waals surface area contributed by atoms with E-state index in [4.69, 9.17) is 9.72 Å². The van der Waals surface area contributed by atoms with Crippen LogP contribution >= 0.6 is 11.3 Å². The van der Waals surface area contributed by atoms with Crippen molar-refractivity contribution in [2.75, 3.05) is 7.11 Å². The largest absolute Gasteiger partial charge is 0.372 e. The quantitative estimate of drug-likeness (QED) is 0.847. The van der Waals surface area contributed by atoms with E-state index in [-0.39, 0.29) is 5.60 Å². The van der Waals surface area contributed by atoms with Crippen molar-refractivity contribution in [3.05, 3.63) is 15.6 Å². The molecule has 1 aliphatic rings. The summed E-state index contributed by atoms with van der Waals surface area (Å²) in [5.41, 5.74) is 0.954. The molecular weight excluding hydrogens is 232 g/mol. The second kappa shape index (κ2) is 5.04. The Bertz CT molecular complexity index is 383. The van der Waals surface area contributed by atoms with Crippen LogP contribution in [0.4, 0.5) is 0 Å². The number of aromatic nitrogens is 1. The van der Waals surface area contributed by atoms with Gasteiger partial charge in [-0.2, -0.15) is 0 Å². The molecule has 1 aromatic rings. The van der Waals surface area contributed by atoms with E-state index in [1.54, 1.807) is 18.4 Å². The number of methoxy groups -OCH3 is 1. The van der Waals surface area contributed by atoms with Gasteiger partial charge in [0.2, 0.25) is 0 Å². The van der Waals surface area contributed by atoms with E-state index in [0.29, 0.717) is 0 Å². The van der Waals surface area contributed by atoms with Crippen LogP contribution in [0.3, 0.4) is 0 Å². The van der Waals surface area contributed by atoms with Crippen molar-refractivity contribution in [3.63, 3.8) is 0 Å². The van der Waals surface area contributed by atoms with Crippen LogP contribution < -0.4 is 5.32 Å². The maximum atomic E-state index is 5.50. The van der Waals surface area contributed by atoms with E-state index < -0.39 is 0 Å². The molecule has 2 rings (SSSR count). The predicted octanol–water partition coefficient (Wildman–Crippen LogP) is 2.84. The molecule has 0 radical (unpaired) electrons. The summed E-state index contributed by atoms with van der Waals surface area (Å²) in [6.07, 6.45) is 3.66. The van der Waals surface area contributed by atoms with Gasteiger partial charge >= 0.3 is 0 Å². The maximum Gasteiger partial charge on any atom is 0.125 e. The zero-order chi connectivity index (χ0) is 12.5. The second-order valence-corrected chi connectivity index (χ2v) is 6.20. The molecule has 0 amide bonds. The minimum atomic E-state index is -0.271. The number of hydrogen-bond acceptors (Lipinski definition) is 4. The summed E-state index contributed by atoms with van der Waals surface area (Å²) in [4.78, 5) is 6.10. The Kier molecular flexibility index (Phi) is 3.85. The molecule has 1 fully saturated rings. The number of thiazole rings is 1. The van der Waals surface area contributed by atoms with Crippen LogP contribution in [-0.2, 0) is 23.3 Å². The summed E-state index contributed by atoms with van der Waals surface area (Å²) < 4.78 is 5.50. The van der Waals surface area contributed by atoms with Gasteiger partial charge in [0.1, 0.15) is 10.6 Å². The number of ether oxygens (including phenoxy) is 1. The molecule has 0 unspecified atom stereocenters. The van der Waals surface area contributed by atoms with Gasteiger partial charge in [-0.1, -0.05) is 6.92 Å². The number of aryl methyl sites for hydroxylation is 1. The molecule has 0 aromatic carbocycles. The topological polar surface area (TPSA) is 34.1 Å². The van der Waals surface area contributed by atoms with Crippen molar-refractivity contribution in [1.29, 1.82) is 0 Å². The summed E-state index contributed by atoms with van der Waals surface area (Å²) in [6.45, 7) is 7.28. The van der Waals surface area contributed by atoms with E-state index in [1.165, 1.54) is 23.4 Å². The smallest absolute Gasteiger partial charge is 0.125 e. The molecule has 0 aliphatic heterocycles. The molecule has 1 N–H and O–H groups in total. The van der Waals surface area contributed by atoms with Crippen LogP contribution in [0.1, 0.15) is 49.2 Å². The fraction of sp³-hybridized carbons (Fsp3) is 0.769. The van der Waals surface area contributed by atoms with Gasteiger partial charge in [-0.3, -0.25) is 0 Å². The average molecular weight is 254 g/mol. The standard InChI is InChI=1S/C13H22N2OS/c1-5-10-11(8-14-9-6-7-9)17-12(15-10)13(2,3)16-4/h9,14H,5-8H2,1-4H3. The Morgan fingerprint density at radius 3 is 2.71 bits per heavy atom. The van der Waals surface area contributed by atoms with Crippen molar-refractivity contribution < 1.29 is 4.74 Å². The van der Waals surface area contributed by atoms with Gasteiger partial charge in [0, 0.05) is 24.6 Å². The van der Waals surface area contributed by atoms with Gasteiger partial charge in [-0.25, -0.2) is 4.98 Å². The Hall–Kier alpha value is -0.450. The van der Waals surface area contributed by atoms with Crippen molar-refractivity contribution in [3.8, 4) is 0 Å². The van der Waals surface area contributed by atoms with Crippen molar-refractivity contribution in [2.45, 2.75) is 58.2 Å². The van der Waals surface area contributed by atoms with Crippen LogP contribution in [-0.4, -0.2) is 18.1 Å². The van der Waals surface area contributed by atoms with Gasteiger partial charge in [0.15, 0.2) is 0 Å². The molecule has 1 aliphatic carbocycles. The number of rotatable bonds is 6. The van der Waals surface area contributed by atoms with Crippen LogP contribution in [0.2, 0.25) is 0 Å². The van der Waals surface area contributed by atoms with Gasteiger partial charge in [-0.05, 0) is 33.1 Å². The van der Waals surface area contributed by atoms with Gasteiger partial charge in [0.05, 0.1) is 5.69 Å². The Morgan fingerprint density at radius 2 is 2.18 bits per heavy atom. The normalized spacial score (nSPS) is 16.5. The first-order valence-corrected chi connectivity index (χ1v) is 7.16. The summed E-state index contributed by atoms with van der Waals surface area (Å²) in [6, 6.07) is 0.751. The first kappa shape index (κ1) is 13.0. The number of nitrogens with zero attached hydrogens (tertiary/aromatic N) is 1. The SMILES string of the molecule is CCc1nc(C(C)(C)OC)sc1CNC1CC1. The Balaban J connectivity index is 2.13. The second-order valence-electron chi connectivity index (χ2n) is 5.11. The first-order chi connectivity index (χ1) is 8.06. The highest BCUT2D eigenvalue weighted by atomic mass is 32.1. The van der Waals surface area contributed by atoms with Crippen LogP contribution in [0.15, 0.2) is 0 Å². The number of nitrogens with one attached hydrogen (secondary N) is 1. The lowest BCUT2D eigenvalue weighted by Gasteiger charge is -2.19. The molecule has 17 heavy (non-hydrogen) atoms. The summed E-state index contributed by atoms with van der Waals surface area (Å²) in [5.74, 6) is 0. The molecule has 4 heteroatoms. The highest BCUT2D eigenvalue weighted by Crippen LogP contribution is 2.31. The molecule has 3 nitrogen and oxygen atoms in total. The van der Waals surface area contributed by atoms with Crippen molar-refractivity contribution in [2.24, 2.45) is 0 Å². The fourth-order valence-corrected chi connectivity index (χ4v) is 2.85. The van der Waals surface area contributed by atoms with Crippen molar-refractivity contribution >= 4 is 11.3 Å². The summed E-state index contributed by atoms with van der Waals surface area (Å²) in [7, 11) is 1.75. The lowest BCUT2D eigenvalue weighted by molar-refractivity contribution is 0.0189. The number of hydrogen-bond donors (Lipinski definition) is 1. The third-order valence-electron chi connectivity index (χ3n) is 3.27. The molecule has 1 heterocycles. The lowest BCUT2D eigenvalue weighted by Crippen LogP contribution is -2.19. The van der Waals surface area contributed by atoms with Gasteiger partial charge in [0.25, 0.3) is 0 Å². The van der Waals surface area contributed by atoms with E-state index in [1.807, 2.05) is 0 Å². The van der Waals surface area contributed by atoms with E-state index in [2.05, 4.69) is 26.1 Å². The van der Waals surface area contributed by atoms with Gasteiger partial charge in [-0.15, -0.1) is 11.3 Å². The third-order valence-corrected chi connectivity index (χ3v) is 4.67. The van der Waals surface area contributed by atoms with E-state index in [9.17, 15) is 0 Å². The fourth-order valence-electron chi connectivity index (χ4n) is 1.67. The molecule has 1 aromatic heterocycles. The summed E-state index contributed by atoms with van der Waals surface area (Å²) in [5, 5.41) is 4.65.